The van der Waals surface area contributed by atoms with Gasteiger partial charge in [-0.3, -0.25) is 19.2 Å². The Labute approximate surface area is 781 Å². The molecule has 29 aromatic rings. The summed E-state index contributed by atoms with van der Waals surface area (Å²) >= 11 is 0. The van der Waals surface area contributed by atoms with Gasteiger partial charge in [-0.1, -0.05) is 48.5 Å². The molecule has 0 amide bonds. The number of nitrogens with zero attached hydrogens (tertiary/aromatic N) is 2. The SMILES string of the molecule is CCOC(=O)C12C(=O)OCCOc3cccc(c3)-c3c4nc(c(-c5cccc(OCCO)c5)c5ccc([nH]5)c(c5nc(c(-c6cccc(OCCO)c6)c6ccc3[nH]6)C=C5)-c3cccc(c3)OCCOC(=O)C3(C(=O)OCC)C56c7c8c9c%10c%11c%12c%13c%14c%10c%10c%15c%16c%17c%18c%19c%20c(c%13c%13c%12c%12c%21c(c%22c%23c5c5c7c7c9c%10c9c%16c%10c%17c%16c%19c%17c%19c%20c%13c%21c%19c%22c%13c%23c%19c5c(c79)c%10c%19c%16c%13%17)C36C%12C%118)C%181C%14%152)C=C4. The Kier molecular flexibility index (Phi) is 9.35. The average Bonchev–Trinajstić information content (AvgIpc) is 1.34. The summed E-state index contributed by atoms with van der Waals surface area (Å²) in [4.78, 5) is 92.3. The van der Waals surface area contributed by atoms with Crippen LogP contribution in [0.25, 0.3) is 328 Å². The second kappa shape index (κ2) is 19.4. The molecule has 7 heterocycles. The number of carbonyl (C=O) groups is 4. The molecular formula is C122H56N4O14. The van der Waals surface area contributed by atoms with Crippen LogP contribution in [0.5, 0.6) is 23.0 Å². The standard InChI is InChI=1S/C122H56N4O14/c1-3-133-113(129)121-115(131)139-31-29-137-43-15-7-11-39(35-43)55-49-21-17-45(123-49)53(37-9-5-13-41(33-37)135-27-25-127)47-19-23-51(125-47)56(52-24-20-48(126-52)54(46-18-22-50(55)124-46)38-10-6-14-42(34-38)136-28-26-128)40-12-8-16-44(36-40)138-30-32-140-116(132)122(114(130)134-4-2)118-106-90-74-62-60-58-57-59-61-63-70-80-68(59)78(66(58)74)94(106)96(80)108-98-82(70)71-75(63)91-89-73(61)65(57)77-67(60)79-69-64(62)76-72-81(69)97-101-85-84(72)100(110(118)92(76)90)104-88(85)87-86(102(98)112(104)120(108,118)122)83(71)99-103(87)111(101)119(121)107(97)95(79)93(77)105(89)117(119,121)109(91)99/h5-24,33-36,103,111,123,126-128H,3-4,25-32H2,1-2H3. The van der Waals surface area contributed by atoms with Crippen molar-refractivity contribution < 1.29 is 67.3 Å². The lowest BCUT2D eigenvalue weighted by atomic mass is 9.58. The highest BCUT2D eigenvalue weighted by Gasteiger charge is 3.05. The summed E-state index contributed by atoms with van der Waals surface area (Å²) < 4.78 is 55.5. The van der Waals surface area contributed by atoms with Crippen molar-refractivity contribution in [3.05, 3.63) is 200 Å². The molecule has 4 aliphatic heterocycles. The molecule has 12 aliphatic carbocycles. The lowest BCUT2D eigenvalue weighted by molar-refractivity contribution is -0.168. The van der Waals surface area contributed by atoms with E-state index in [1.807, 2.05) is 123 Å². The van der Waals surface area contributed by atoms with Crippen LogP contribution in [0.2, 0.25) is 0 Å². The maximum Gasteiger partial charge on any atom is 0.326 e. The number of nitrogens with one attached hydrogen (secondary N) is 2. The molecule has 2 fully saturated rings. The van der Waals surface area contributed by atoms with Crippen LogP contribution in [0.4, 0.5) is 0 Å². The molecule has 2 saturated carbocycles. The molecule has 16 aliphatic rings. The van der Waals surface area contributed by atoms with Gasteiger partial charge in [-0.05, 0) is 426 Å². The third-order valence-corrected chi connectivity index (χ3v) is 39.7. The minimum Gasteiger partial charge on any atom is -0.491 e. The first-order chi connectivity index (χ1) is 69.1. The average molecular weight is 1800 g/mol. The number of aliphatic hydroxyl groups excluding tert-OH is 2. The summed E-state index contributed by atoms with van der Waals surface area (Å²) in [5.41, 5.74) is 13.6. The number of hydrogen-bond acceptors (Lipinski definition) is 16. The Morgan fingerprint density at radius 2 is 0.643 bits per heavy atom. The number of carbonyl (C=O) groups excluding carboxylic acids is 4. The van der Waals surface area contributed by atoms with E-state index in [1.165, 1.54) is 232 Å². The molecular weight excluding hydrogens is 1750 g/mol. The number of aliphatic hydroxyl groups is 2. The summed E-state index contributed by atoms with van der Waals surface area (Å²) in [6.07, 6.45) is 8.15. The van der Waals surface area contributed by atoms with Gasteiger partial charge in [0.2, 0.25) is 0 Å². The number of aromatic amines is 2. The molecule has 0 radical (unpaired) electrons. The number of ether oxygens (including phenoxy) is 8. The highest BCUT2D eigenvalue weighted by atomic mass is 16.6. The van der Waals surface area contributed by atoms with E-state index in [2.05, 4.69) is 46.4 Å². The van der Waals surface area contributed by atoms with E-state index in [9.17, 15) is 10.2 Å². The molecule has 18 nitrogen and oxygen atoms in total. The summed E-state index contributed by atoms with van der Waals surface area (Å²) in [5.74, 6) is -0.968. The van der Waals surface area contributed by atoms with E-state index in [1.54, 1.807) is 0 Å². The zero-order chi connectivity index (χ0) is 89.7. The first-order valence-corrected chi connectivity index (χ1v) is 49.4. The third-order valence-electron chi connectivity index (χ3n) is 39.7. The molecule has 140 heavy (non-hydrogen) atoms. The summed E-state index contributed by atoms with van der Waals surface area (Å²) in [5, 5.41) is 74.7. The van der Waals surface area contributed by atoms with E-state index >= 15 is 19.2 Å². The number of H-pyrrole nitrogens is 2. The van der Waals surface area contributed by atoms with Gasteiger partial charge in [-0.2, -0.15) is 0 Å². The van der Waals surface area contributed by atoms with Crippen molar-refractivity contribution in [1.82, 2.24) is 19.9 Å². The first kappa shape index (κ1) is 67.6. The summed E-state index contributed by atoms with van der Waals surface area (Å²) in [6, 6.07) is 39.9. The van der Waals surface area contributed by atoms with Gasteiger partial charge in [-0.25, -0.2) is 9.97 Å². The van der Waals surface area contributed by atoms with Crippen molar-refractivity contribution in [2.45, 2.75) is 47.3 Å². The number of benzene rings is 19. The van der Waals surface area contributed by atoms with E-state index < -0.39 is 62.3 Å². The van der Waals surface area contributed by atoms with E-state index in [4.69, 9.17) is 47.9 Å². The zero-order valence-corrected chi connectivity index (χ0v) is 73.8. The molecule has 18 heteroatoms. The van der Waals surface area contributed by atoms with Gasteiger partial charge >= 0.3 is 23.9 Å². The molecule has 4 N–H and O–H groups in total. The van der Waals surface area contributed by atoms with Crippen molar-refractivity contribution in [3.8, 4) is 67.5 Å². The lowest BCUT2D eigenvalue weighted by Crippen LogP contribution is -2.40. The second-order valence-corrected chi connectivity index (χ2v) is 43.0. The molecule has 26 aromatic carbocycles. The largest absolute Gasteiger partial charge is 0.491 e. The Balaban J connectivity index is 0.608. The van der Waals surface area contributed by atoms with Crippen molar-refractivity contribution in [3.63, 3.8) is 0 Å². The Bertz CT molecular complexity index is 11800. The highest BCUT2D eigenvalue weighted by Crippen LogP contribution is 3.02. The molecule has 32 bridgehead atoms. The third kappa shape index (κ3) is 5.29. The zero-order valence-electron chi connectivity index (χ0n) is 73.8. The van der Waals surface area contributed by atoms with Crippen molar-refractivity contribution in [1.29, 1.82) is 0 Å². The second-order valence-electron chi connectivity index (χ2n) is 43.0. The van der Waals surface area contributed by atoms with Crippen LogP contribution in [-0.4, -0.2) is 120 Å². The maximum atomic E-state index is 18.5. The van der Waals surface area contributed by atoms with E-state index in [0.29, 0.717) is 45.8 Å². The predicted molar refractivity (Wildman–Crippen MR) is 541 cm³/mol. The number of aromatic nitrogens is 4. The van der Waals surface area contributed by atoms with Crippen LogP contribution in [0, 0.1) is 10.8 Å². The molecule has 45 rings (SSSR count). The Hall–Kier alpha value is -16.5. The smallest absolute Gasteiger partial charge is 0.326 e. The fraction of sp³-hybridized carbons (Fsp3) is 0.164. The van der Waals surface area contributed by atoms with Gasteiger partial charge in [0.15, 0.2) is 10.8 Å². The van der Waals surface area contributed by atoms with Crippen LogP contribution in [-0.2, 0) is 59.8 Å². The number of esters is 4. The predicted octanol–water partition coefficient (Wildman–Crippen LogP) is 23.5. The van der Waals surface area contributed by atoms with Crippen molar-refractivity contribution >= 4 is 307 Å². The van der Waals surface area contributed by atoms with Gasteiger partial charge in [0.1, 0.15) is 62.6 Å². The lowest BCUT2D eigenvalue weighted by Gasteiger charge is -2.42. The van der Waals surface area contributed by atoms with Crippen LogP contribution in [0.3, 0.4) is 0 Å². The van der Waals surface area contributed by atoms with Gasteiger partial charge in [-0.15, -0.1) is 0 Å². The fourth-order valence-electron chi connectivity index (χ4n) is 37.8. The van der Waals surface area contributed by atoms with E-state index in [0.717, 1.165) is 127 Å². The Morgan fingerprint density at radius 3 is 1.04 bits per heavy atom. The molecule has 8 unspecified atom stereocenters. The summed E-state index contributed by atoms with van der Waals surface area (Å²) in [6.45, 7) is 3.08. The van der Waals surface area contributed by atoms with Gasteiger partial charge < -0.3 is 58.1 Å². The monoisotopic (exact) mass is 1800 g/mol. The van der Waals surface area contributed by atoms with Gasteiger partial charge in [0.05, 0.1) is 65.4 Å². The normalized spacial score (nSPS) is 23.9. The quantitative estimate of drug-likeness (QED) is 0.0385. The highest BCUT2D eigenvalue weighted by molar-refractivity contribution is 6.77. The molecule has 4 spiro atoms. The fourth-order valence-corrected chi connectivity index (χ4v) is 37.8. The molecule has 3 aromatic heterocycles. The number of fused-ring (bicyclic) bond motifs is 12. The van der Waals surface area contributed by atoms with Gasteiger partial charge in [0, 0.05) is 61.6 Å². The van der Waals surface area contributed by atoms with Crippen LogP contribution >= 0.6 is 0 Å². The van der Waals surface area contributed by atoms with E-state index in [-0.39, 0.29) is 72.0 Å². The molecule has 648 valence electrons. The summed E-state index contributed by atoms with van der Waals surface area (Å²) in [7, 11) is 0. The van der Waals surface area contributed by atoms with Crippen LogP contribution < -0.4 is 18.9 Å². The van der Waals surface area contributed by atoms with Crippen LogP contribution in [0.1, 0.15) is 104 Å². The topological polar surface area (TPSA) is 240 Å². The molecule has 0 saturated heterocycles. The first-order valence-electron chi connectivity index (χ1n) is 49.4. The van der Waals surface area contributed by atoms with Crippen molar-refractivity contribution in [2.24, 2.45) is 10.8 Å². The minimum atomic E-state index is -2.04. The Morgan fingerprint density at radius 1 is 0.336 bits per heavy atom. The number of hydrogen-bond donors (Lipinski definition) is 4. The van der Waals surface area contributed by atoms with Gasteiger partial charge in [0.25, 0.3) is 0 Å². The minimum absolute atomic E-state index is 0.0208. The van der Waals surface area contributed by atoms with Crippen molar-refractivity contribution in [2.75, 3.05) is 66.1 Å². The molecule has 8 atom stereocenters. The van der Waals surface area contributed by atoms with Crippen LogP contribution in [0.15, 0.2) is 121 Å². The maximum absolute atomic E-state index is 18.5. The number of rotatable bonds is 12.